The zero-order valence-electron chi connectivity index (χ0n) is 21.4. The maximum absolute atomic E-state index is 13.3. The van der Waals surface area contributed by atoms with E-state index in [1.54, 1.807) is 12.1 Å². The van der Waals surface area contributed by atoms with Gasteiger partial charge in [-0.15, -0.1) is 0 Å². The van der Waals surface area contributed by atoms with Crippen LogP contribution in [0.5, 0.6) is 0 Å². The summed E-state index contributed by atoms with van der Waals surface area (Å²) in [4.78, 5) is 21.4. The molecule has 3 nitrogen and oxygen atoms in total. The Labute approximate surface area is 232 Å². The second kappa shape index (κ2) is 11.1. The van der Waals surface area contributed by atoms with Crippen LogP contribution in [0.25, 0.3) is 33.9 Å². The molecule has 6 aromatic rings. The van der Waals surface area contributed by atoms with E-state index in [4.69, 9.17) is 4.98 Å². The maximum atomic E-state index is 13.3. The molecule has 4 heteroatoms. The Kier molecular flexibility index (Phi) is 6.86. The monoisotopic (exact) mass is 518 g/mol. The van der Waals surface area contributed by atoms with Gasteiger partial charge in [-0.2, -0.15) is 0 Å². The predicted molar refractivity (Wildman–Crippen MR) is 157 cm³/mol. The number of hydrogen-bond acceptors (Lipinski definition) is 2. The second-order valence-corrected chi connectivity index (χ2v) is 9.28. The quantitative estimate of drug-likeness (QED) is 0.185. The summed E-state index contributed by atoms with van der Waals surface area (Å²) in [6, 6.07) is 40.9. The van der Waals surface area contributed by atoms with Crippen molar-refractivity contribution < 1.29 is 9.18 Å². The molecule has 0 saturated heterocycles. The van der Waals surface area contributed by atoms with Gasteiger partial charge in [-0.3, -0.25) is 4.79 Å². The fourth-order valence-corrected chi connectivity index (χ4v) is 4.46. The van der Waals surface area contributed by atoms with Crippen LogP contribution in [0.3, 0.4) is 0 Å². The highest BCUT2D eigenvalue weighted by atomic mass is 19.1. The lowest BCUT2D eigenvalue weighted by Gasteiger charge is -2.06. The molecule has 190 valence electrons. The number of ketones is 1. The number of imidazole rings is 1. The number of nitrogens with one attached hydrogen (secondary N) is 1. The van der Waals surface area contributed by atoms with E-state index >= 15 is 0 Å². The topological polar surface area (TPSA) is 45.8 Å². The molecule has 0 unspecified atom stereocenters. The number of H-pyrrole nitrogens is 1. The van der Waals surface area contributed by atoms with Crippen molar-refractivity contribution in [2.75, 3.05) is 0 Å². The molecule has 0 atom stereocenters. The van der Waals surface area contributed by atoms with E-state index in [9.17, 15) is 9.18 Å². The minimum absolute atomic E-state index is 0.157. The standard InChI is InChI=1S/C36H23FN2O/c37-32-23-21-30(22-24-32)35(40)29-19-17-28(18-20-29)34-33(27-9-5-2-6-10-27)38-36(39-34)31-15-13-26(14-16-31)12-11-25-7-3-1-4-8-25/h1-10,13-24H,(H,38,39). The molecular formula is C36H23FN2O. The van der Waals surface area contributed by atoms with Crippen LogP contribution in [0.2, 0.25) is 0 Å². The average Bonchev–Trinajstić information content (AvgIpc) is 3.47. The molecule has 0 radical (unpaired) electrons. The zero-order chi connectivity index (χ0) is 27.3. The van der Waals surface area contributed by atoms with Gasteiger partial charge in [0.2, 0.25) is 0 Å². The van der Waals surface area contributed by atoms with Crippen molar-refractivity contribution in [1.29, 1.82) is 0 Å². The highest BCUT2D eigenvalue weighted by Crippen LogP contribution is 2.33. The van der Waals surface area contributed by atoms with Crippen molar-refractivity contribution in [1.82, 2.24) is 9.97 Å². The predicted octanol–water partition coefficient (Wildman–Crippen LogP) is 8.18. The molecule has 0 bridgehead atoms. The summed E-state index contributed by atoms with van der Waals surface area (Å²) in [6.07, 6.45) is 0. The Morgan fingerprint density at radius 1 is 0.575 bits per heavy atom. The minimum Gasteiger partial charge on any atom is -0.337 e. The number of nitrogens with zero attached hydrogens (tertiary/aromatic N) is 1. The van der Waals surface area contributed by atoms with E-state index in [-0.39, 0.29) is 11.6 Å². The van der Waals surface area contributed by atoms with Gasteiger partial charge in [0.25, 0.3) is 0 Å². The van der Waals surface area contributed by atoms with Crippen LogP contribution in [-0.4, -0.2) is 15.8 Å². The molecule has 0 aliphatic rings. The summed E-state index contributed by atoms with van der Waals surface area (Å²) < 4.78 is 13.3. The number of rotatable bonds is 5. The summed E-state index contributed by atoms with van der Waals surface area (Å²) in [7, 11) is 0. The van der Waals surface area contributed by atoms with E-state index in [0.29, 0.717) is 11.1 Å². The number of halogens is 1. The molecule has 1 heterocycles. The lowest BCUT2D eigenvalue weighted by molar-refractivity contribution is 0.103. The van der Waals surface area contributed by atoms with E-state index < -0.39 is 0 Å². The first-order valence-corrected chi connectivity index (χ1v) is 12.9. The molecular weight excluding hydrogens is 495 g/mol. The SMILES string of the molecule is O=C(c1ccc(F)cc1)c1ccc(-c2[nH]c(-c3ccc(C#Cc4ccccc4)cc3)nc2-c2ccccc2)cc1. The van der Waals surface area contributed by atoms with Crippen LogP contribution >= 0.6 is 0 Å². The number of aromatic amines is 1. The Balaban J connectivity index is 1.32. The molecule has 0 saturated carbocycles. The number of hydrogen-bond donors (Lipinski definition) is 1. The van der Waals surface area contributed by atoms with E-state index in [1.807, 2.05) is 97.1 Å². The van der Waals surface area contributed by atoms with Crippen LogP contribution in [-0.2, 0) is 0 Å². The second-order valence-electron chi connectivity index (χ2n) is 9.28. The Morgan fingerprint density at radius 3 is 1.73 bits per heavy atom. The van der Waals surface area contributed by atoms with Gasteiger partial charge < -0.3 is 4.98 Å². The van der Waals surface area contributed by atoms with Crippen LogP contribution in [0.15, 0.2) is 133 Å². The third-order valence-corrected chi connectivity index (χ3v) is 6.58. The van der Waals surface area contributed by atoms with Gasteiger partial charge in [0.15, 0.2) is 5.78 Å². The summed E-state index contributed by atoms with van der Waals surface area (Å²) in [5, 5.41) is 0. The van der Waals surface area contributed by atoms with Crippen LogP contribution in [0, 0.1) is 17.7 Å². The largest absolute Gasteiger partial charge is 0.337 e. The molecule has 0 fully saturated rings. The fourth-order valence-electron chi connectivity index (χ4n) is 4.46. The Morgan fingerprint density at radius 2 is 1.10 bits per heavy atom. The molecule has 0 spiro atoms. The highest BCUT2D eigenvalue weighted by molar-refractivity contribution is 6.09. The maximum Gasteiger partial charge on any atom is 0.193 e. The zero-order valence-corrected chi connectivity index (χ0v) is 21.4. The Hall–Kier alpha value is -5.53. The normalized spacial score (nSPS) is 10.5. The summed E-state index contributed by atoms with van der Waals surface area (Å²) in [6.45, 7) is 0. The van der Waals surface area contributed by atoms with E-state index in [0.717, 1.165) is 45.0 Å². The first-order valence-electron chi connectivity index (χ1n) is 12.9. The molecule has 1 N–H and O–H groups in total. The highest BCUT2D eigenvalue weighted by Gasteiger charge is 2.16. The molecule has 6 rings (SSSR count). The summed E-state index contributed by atoms with van der Waals surface area (Å²) >= 11 is 0. The van der Waals surface area contributed by atoms with E-state index in [2.05, 4.69) is 16.8 Å². The fraction of sp³-hybridized carbons (Fsp3) is 0. The number of carbonyl (C=O) groups excluding carboxylic acids is 1. The van der Waals surface area contributed by atoms with Gasteiger partial charge in [-0.05, 0) is 48.5 Å². The van der Waals surface area contributed by atoms with Crippen molar-refractivity contribution in [3.63, 3.8) is 0 Å². The molecule has 0 aliphatic carbocycles. The molecule has 5 aromatic carbocycles. The smallest absolute Gasteiger partial charge is 0.193 e. The van der Waals surface area contributed by atoms with Crippen LogP contribution in [0.1, 0.15) is 27.0 Å². The molecule has 0 amide bonds. The van der Waals surface area contributed by atoms with Gasteiger partial charge >= 0.3 is 0 Å². The minimum atomic E-state index is -0.370. The van der Waals surface area contributed by atoms with Gasteiger partial charge in [0, 0.05) is 38.9 Å². The molecule has 1 aromatic heterocycles. The third-order valence-electron chi connectivity index (χ3n) is 6.58. The van der Waals surface area contributed by atoms with Gasteiger partial charge in [0.1, 0.15) is 11.6 Å². The lowest BCUT2D eigenvalue weighted by atomic mass is 10.00. The third kappa shape index (κ3) is 5.36. The number of benzene rings is 5. The van der Waals surface area contributed by atoms with Crippen molar-refractivity contribution >= 4 is 5.78 Å². The van der Waals surface area contributed by atoms with Gasteiger partial charge in [-0.1, -0.05) is 96.8 Å². The molecule has 40 heavy (non-hydrogen) atoms. The van der Waals surface area contributed by atoms with Crippen LogP contribution in [0.4, 0.5) is 4.39 Å². The first-order chi connectivity index (χ1) is 19.6. The summed E-state index contributed by atoms with van der Waals surface area (Å²) in [5.74, 6) is 6.61. The average molecular weight is 519 g/mol. The van der Waals surface area contributed by atoms with Crippen molar-refractivity contribution in [2.24, 2.45) is 0 Å². The van der Waals surface area contributed by atoms with E-state index in [1.165, 1.54) is 24.3 Å². The summed E-state index contributed by atoms with van der Waals surface area (Å²) in [5.41, 5.74) is 7.37. The number of aromatic nitrogens is 2. The first kappa shape index (κ1) is 24.8. The van der Waals surface area contributed by atoms with Crippen LogP contribution < -0.4 is 0 Å². The lowest BCUT2D eigenvalue weighted by Crippen LogP contribution is -2.01. The van der Waals surface area contributed by atoms with Crippen molar-refractivity contribution in [3.8, 4) is 45.7 Å². The Bertz CT molecular complexity index is 1830. The van der Waals surface area contributed by atoms with Crippen molar-refractivity contribution in [3.05, 3.63) is 162 Å². The van der Waals surface area contributed by atoms with Gasteiger partial charge in [-0.25, -0.2) is 9.37 Å². The van der Waals surface area contributed by atoms with Crippen molar-refractivity contribution in [2.45, 2.75) is 0 Å². The molecule has 0 aliphatic heterocycles. The van der Waals surface area contributed by atoms with Gasteiger partial charge in [0.05, 0.1) is 11.4 Å². The number of carbonyl (C=O) groups is 1.